The van der Waals surface area contributed by atoms with E-state index in [1.54, 1.807) is 13.8 Å². The molecule has 1 aromatic rings. The molecule has 0 saturated heterocycles. The molecule has 4 nitrogen and oxygen atoms in total. The molecule has 0 spiro atoms. The molecule has 0 aromatic carbocycles. The quantitative estimate of drug-likeness (QED) is 0.849. The Morgan fingerprint density at radius 3 is 2.81 bits per heavy atom. The van der Waals surface area contributed by atoms with Gasteiger partial charge >= 0.3 is 0 Å². The number of pyridine rings is 1. The summed E-state index contributed by atoms with van der Waals surface area (Å²) >= 11 is 0. The van der Waals surface area contributed by atoms with Crippen LogP contribution in [0.15, 0.2) is 18.3 Å². The molecule has 1 amide bonds. The van der Waals surface area contributed by atoms with Gasteiger partial charge in [0.15, 0.2) is 0 Å². The van der Waals surface area contributed by atoms with Gasteiger partial charge in [0.05, 0.1) is 12.3 Å². The first kappa shape index (κ1) is 12.1. The molecule has 16 heavy (non-hydrogen) atoms. The van der Waals surface area contributed by atoms with E-state index in [2.05, 4.69) is 10.3 Å². The van der Waals surface area contributed by atoms with E-state index in [9.17, 15) is 9.18 Å². The normalized spacial score (nSPS) is 13.6. The molecule has 1 atom stereocenters. The van der Waals surface area contributed by atoms with Gasteiger partial charge in [0.2, 0.25) is 5.91 Å². The second-order valence-electron chi connectivity index (χ2n) is 3.61. The monoisotopic (exact) mass is 221 g/mol. The Labute approximate surface area is 93.1 Å². The highest BCUT2D eigenvalue weighted by Gasteiger charge is 2.31. The van der Waals surface area contributed by atoms with Crippen molar-refractivity contribution in [2.45, 2.75) is 20.3 Å². The predicted octanol–water partition coefficient (Wildman–Crippen LogP) is 2.10. The number of carbonyl (C=O) groups excluding carboxylic acids is 1. The fourth-order valence-electron chi connectivity index (χ4n) is 0.994. The minimum atomic E-state index is -1.09. The van der Waals surface area contributed by atoms with Crippen molar-refractivity contribution in [3.05, 3.63) is 24.1 Å². The summed E-state index contributed by atoms with van der Waals surface area (Å²) < 4.78 is 12.6. The third kappa shape index (κ3) is 2.54. The summed E-state index contributed by atoms with van der Waals surface area (Å²) in [7, 11) is 0. The number of halogens is 1. The number of nitrogens with zero attached hydrogens (tertiary/aromatic N) is 2. The zero-order valence-corrected chi connectivity index (χ0v) is 9.12. The van der Waals surface area contributed by atoms with Crippen molar-refractivity contribution in [3.8, 4) is 6.07 Å². The van der Waals surface area contributed by atoms with Gasteiger partial charge in [0.1, 0.15) is 17.1 Å². The van der Waals surface area contributed by atoms with Gasteiger partial charge in [0.25, 0.3) is 0 Å². The molecule has 1 unspecified atom stereocenters. The zero-order chi connectivity index (χ0) is 12.2. The van der Waals surface area contributed by atoms with E-state index in [1.807, 2.05) is 6.07 Å². The summed E-state index contributed by atoms with van der Waals surface area (Å²) in [5.41, 5.74) is -1.09. The molecule has 0 radical (unpaired) electrons. The largest absolute Gasteiger partial charge is 0.309 e. The molecule has 1 heterocycles. The molecule has 1 rings (SSSR count). The molecular formula is C11H12FN3O. The lowest BCUT2D eigenvalue weighted by atomic mass is 9.88. The summed E-state index contributed by atoms with van der Waals surface area (Å²) in [5, 5.41) is 11.4. The number of nitrogens with one attached hydrogen (secondary N) is 1. The van der Waals surface area contributed by atoms with Crippen molar-refractivity contribution < 1.29 is 9.18 Å². The lowest BCUT2D eigenvalue weighted by molar-refractivity contribution is -0.122. The van der Waals surface area contributed by atoms with Gasteiger partial charge in [-0.25, -0.2) is 9.37 Å². The van der Waals surface area contributed by atoms with E-state index in [-0.39, 0.29) is 5.82 Å². The Morgan fingerprint density at radius 1 is 1.69 bits per heavy atom. The maximum atomic E-state index is 12.6. The van der Waals surface area contributed by atoms with E-state index in [4.69, 9.17) is 5.26 Å². The lowest BCUT2D eigenvalue weighted by Crippen LogP contribution is -2.31. The fraction of sp³-hybridized carbons (Fsp3) is 0.364. The van der Waals surface area contributed by atoms with Crippen molar-refractivity contribution in [2.24, 2.45) is 5.41 Å². The maximum Gasteiger partial charge on any atom is 0.245 e. The topological polar surface area (TPSA) is 65.8 Å². The van der Waals surface area contributed by atoms with E-state index < -0.39 is 17.1 Å². The molecule has 84 valence electrons. The first-order valence-electron chi connectivity index (χ1n) is 4.86. The molecule has 0 bridgehead atoms. The molecule has 0 aliphatic heterocycles. The van der Waals surface area contributed by atoms with Gasteiger partial charge in [-0.3, -0.25) is 4.79 Å². The number of carbonyl (C=O) groups is 1. The average molecular weight is 221 g/mol. The molecule has 5 heteroatoms. The number of nitriles is 1. The van der Waals surface area contributed by atoms with E-state index in [1.165, 1.54) is 12.1 Å². The smallest absolute Gasteiger partial charge is 0.245 e. The highest BCUT2D eigenvalue weighted by Crippen LogP contribution is 2.21. The van der Waals surface area contributed by atoms with Crippen LogP contribution in [-0.4, -0.2) is 10.9 Å². The second-order valence-corrected chi connectivity index (χ2v) is 3.61. The minimum Gasteiger partial charge on any atom is -0.309 e. The van der Waals surface area contributed by atoms with Gasteiger partial charge in [-0.1, -0.05) is 6.92 Å². The minimum absolute atomic E-state index is 0.237. The van der Waals surface area contributed by atoms with Gasteiger partial charge in [-0.05, 0) is 25.5 Å². The van der Waals surface area contributed by atoms with Crippen molar-refractivity contribution in [1.29, 1.82) is 5.26 Å². The number of aromatic nitrogens is 1. The summed E-state index contributed by atoms with van der Waals surface area (Å²) in [4.78, 5) is 15.4. The van der Waals surface area contributed by atoms with Crippen LogP contribution in [0.3, 0.4) is 0 Å². The molecule has 1 aromatic heterocycles. The SMILES string of the molecule is CCC(C)(C#N)C(=O)Nc1ccc(F)cn1. The van der Waals surface area contributed by atoms with Crippen molar-refractivity contribution >= 4 is 11.7 Å². The van der Waals surface area contributed by atoms with Crippen LogP contribution >= 0.6 is 0 Å². The number of amides is 1. The van der Waals surface area contributed by atoms with E-state index in [0.717, 1.165) is 6.20 Å². The third-order valence-corrected chi connectivity index (χ3v) is 2.42. The lowest BCUT2D eigenvalue weighted by Gasteiger charge is -2.17. The van der Waals surface area contributed by atoms with Crippen molar-refractivity contribution in [3.63, 3.8) is 0 Å². The molecule has 0 aliphatic rings. The second kappa shape index (κ2) is 4.71. The molecule has 0 aliphatic carbocycles. The van der Waals surface area contributed by atoms with E-state index in [0.29, 0.717) is 6.42 Å². The van der Waals surface area contributed by atoms with Crippen LogP contribution in [0.1, 0.15) is 20.3 Å². The number of hydrogen-bond donors (Lipinski definition) is 1. The van der Waals surface area contributed by atoms with Crippen LogP contribution in [-0.2, 0) is 4.79 Å². The Kier molecular flexibility index (Phi) is 3.56. The van der Waals surface area contributed by atoms with Crippen LogP contribution in [0.25, 0.3) is 0 Å². The summed E-state index contributed by atoms with van der Waals surface area (Å²) in [6.07, 6.45) is 1.40. The average Bonchev–Trinajstić information content (AvgIpc) is 2.31. The van der Waals surface area contributed by atoms with Gasteiger partial charge < -0.3 is 5.32 Å². The molecular weight excluding hydrogens is 209 g/mol. The Morgan fingerprint density at radius 2 is 2.38 bits per heavy atom. The first-order chi connectivity index (χ1) is 7.51. The fourth-order valence-corrected chi connectivity index (χ4v) is 0.994. The van der Waals surface area contributed by atoms with Crippen LogP contribution in [0.2, 0.25) is 0 Å². The first-order valence-corrected chi connectivity index (χ1v) is 4.86. The van der Waals surface area contributed by atoms with Gasteiger partial charge in [0, 0.05) is 0 Å². The highest BCUT2D eigenvalue weighted by atomic mass is 19.1. The zero-order valence-electron chi connectivity index (χ0n) is 9.12. The van der Waals surface area contributed by atoms with Crippen LogP contribution in [0.4, 0.5) is 10.2 Å². The number of anilines is 1. The Bertz CT molecular complexity index is 424. The molecule has 0 saturated carbocycles. The Balaban J connectivity index is 2.79. The summed E-state index contributed by atoms with van der Waals surface area (Å²) in [6.45, 7) is 3.30. The van der Waals surface area contributed by atoms with Crippen LogP contribution in [0.5, 0.6) is 0 Å². The predicted molar refractivity (Wildman–Crippen MR) is 56.8 cm³/mol. The Hall–Kier alpha value is -1.96. The summed E-state index contributed by atoms with van der Waals surface area (Å²) in [6, 6.07) is 4.49. The van der Waals surface area contributed by atoms with Crippen molar-refractivity contribution in [1.82, 2.24) is 4.98 Å². The standard InChI is InChI=1S/C11H12FN3O/c1-3-11(2,7-13)10(16)15-9-5-4-8(12)6-14-9/h4-6H,3H2,1-2H3,(H,14,15,16). The van der Waals surface area contributed by atoms with Crippen LogP contribution < -0.4 is 5.32 Å². The third-order valence-electron chi connectivity index (χ3n) is 2.42. The van der Waals surface area contributed by atoms with E-state index >= 15 is 0 Å². The summed E-state index contributed by atoms with van der Waals surface area (Å²) in [5.74, 6) is -0.672. The highest BCUT2D eigenvalue weighted by molar-refractivity contribution is 5.96. The number of rotatable bonds is 3. The number of hydrogen-bond acceptors (Lipinski definition) is 3. The van der Waals surface area contributed by atoms with Gasteiger partial charge in [-0.15, -0.1) is 0 Å². The van der Waals surface area contributed by atoms with Crippen molar-refractivity contribution in [2.75, 3.05) is 5.32 Å². The molecule has 1 N–H and O–H groups in total. The maximum absolute atomic E-state index is 12.6. The van der Waals surface area contributed by atoms with Crippen LogP contribution in [0, 0.1) is 22.6 Å². The van der Waals surface area contributed by atoms with Gasteiger partial charge in [-0.2, -0.15) is 5.26 Å². The molecule has 0 fully saturated rings.